The number of rotatable bonds is 2. The molecule has 0 aliphatic rings. The van der Waals surface area contributed by atoms with Crippen LogP contribution in [-0.4, -0.2) is 9.97 Å². The molecule has 0 fully saturated rings. The maximum absolute atomic E-state index is 5.61. The van der Waals surface area contributed by atoms with Gasteiger partial charge in [0, 0.05) is 17.8 Å². The van der Waals surface area contributed by atoms with E-state index in [0.717, 1.165) is 28.3 Å². The molecule has 3 N–H and O–H groups in total. The summed E-state index contributed by atoms with van der Waals surface area (Å²) in [4.78, 5) is 7.66. The van der Waals surface area contributed by atoms with Crippen LogP contribution < -0.4 is 5.73 Å². The van der Waals surface area contributed by atoms with E-state index in [4.69, 9.17) is 5.73 Å². The molecule has 0 saturated heterocycles. The second kappa shape index (κ2) is 3.87. The van der Waals surface area contributed by atoms with Crippen LogP contribution in [-0.2, 0) is 6.54 Å². The van der Waals surface area contributed by atoms with Gasteiger partial charge in [-0.15, -0.1) is 0 Å². The minimum absolute atomic E-state index is 0.566. The monoisotopic (exact) mass is 201 g/mol. The average Bonchev–Trinajstić information content (AvgIpc) is 2.58. The van der Waals surface area contributed by atoms with Crippen molar-refractivity contribution in [3.05, 3.63) is 41.3 Å². The Morgan fingerprint density at radius 2 is 2.13 bits per heavy atom. The highest BCUT2D eigenvalue weighted by atomic mass is 14.9. The molecule has 0 saturated carbocycles. The van der Waals surface area contributed by atoms with Crippen molar-refractivity contribution in [2.45, 2.75) is 20.4 Å². The number of benzene rings is 1. The molecule has 0 atom stereocenters. The third-order valence-electron chi connectivity index (χ3n) is 2.44. The van der Waals surface area contributed by atoms with Crippen molar-refractivity contribution in [2.24, 2.45) is 5.73 Å². The lowest BCUT2D eigenvalue weighted by atomic mass is 10.1. The first-order valence-corrected chi connectivity index (χ1v) is 5.03. The van der Waals surface area contributed by atoms with Gasteiger partial charge in [-0.2, -0.15) is 0 Å². The molecule has 3 nitrogen and oxygen atoms in total. The van der Waals surface area contributed by atoms with Crippen molar-refractivity contribution in [1.82, 2.24) is 9.97 Å². The molecular formula is C12H15N3. The maximum atomic E-state index is 5.61. The van der Waals surface area contributed by atoms with Gasteiger partial charge < -0.3 is 10.7 Å². The fraction of sp³-hybridized carbons (Fsp3) is 0.250. The minimum atomic E-state index is 0.566. The van der Waals surface area contributed by atoms with E-state index >= 15 is 0 Å². The summed E-state index contributed by atoms with van der Waals surface area (Å²) in [6, 6.07) is 8.18. The number of hydrogen-bond donors (Lipinski definition) is 2. The maximum Gasteiger partial charge on any atom is 0.103 e. The zero-order valence-electron chi connectivity index (χ0n) is 9.04. The summed E-state index contributed by atoms with van der Waals surface area (Å²) in [5.41, 5.74) is 9.98. The van der Waals surface area contributed by atoms with Crippen LogP contribution in [0.5, 0.6) is 0 Å². The van der Waals surface area contributed by atoms with E-state index in [2.05, 4.69) is 22.1 Å². The Kier molecular flexibility index (Phi) is 2.56. The van der Waals surface area contributed by atoms with Crippen molar-refractivity contribution < 1.29 is 0 Å². The van der Waals surface area contributed by atoms with E-state index in [9.17, 15) is 0 Å². The summed E-state index contributed by atoms with van der Waals surface area (Å²) in [6.45, 7) is 4.56. The van der Waals surface area contributed by atoms with Crippen molar-refractivity contribution in [1.29, 1.82) is 0 Å². The number of aromatic nitrogens is 2. The highest BCUT2D eigenvalue weighted by molar-refractivity contribution is 5.62. The normalized spacial score (nSPS) is 10.6. The van der Waals surface area contributed by atoms with E-state index in [0.29, 0.717) is 6.54 Å². The molecule has 0 amide bonds. The van der Waals surface area contributed by atoms with E-state index in [-0.39, 0.29) is 0 Å². The number of H-pyrrole nitrogens is 1. The summed E-state index contributed by atoms with van der Waals surface area (Å²) >= 11 is 0. The third-order valence-corrected chi connectivity index (χ3v) is 2.44. The number of nitrogens with two attached hydrogens (primary N) is 1. The van der Waals surface area contributed by atoms with E-state index < -0.39 is 0 Å². The SMILES string of the molecule is Cc1nc(-c2cccc(CN)c2)c(C)[nH]1. The van der Waals surface area contributed by atoms with Gasteiger partial charge in [0.15, 0.2) is 0 Å². The summed E-state index contributed by atoms with van der Waals surface area (Å²) in [6.07, 6.45) is 0. The second-order valence-corrected chi connectivity index (χ2v) is 3.70. The van der Waals surface area contributed by atoms with Crippen molar-refractivity contribution in [2.75, 3.05) is 0 Å². The van der Waals surface area contributed by atoms with Gasteiger partial charge in [-0.3, -0.25) is 0 Å². The lowest BCUT2D eigenvalue weighted by molar-refractivity contribution is 1.07. The summed E-state index contributed by atoms with van der Waals surface area (Å²) < 4.78 is 0. The fourth-order valence-corrected chi connectivity index (χ4v) is 1.74. The molecule has 0 spiro atoms. The highest BCUT2D eigenvalue weighted by Gasteiger charge is 2.06. The predicted octanol–water partition coefficient (Wildman–Crippen LogP) is 2.15. The molecule has 1 heterocycles. The van der Waals surface area contributed by atoms with E-state index in [1.54, 1.807) is 0 Å². The van der Waals surface area contributed by atoms with Gasteiger partial charge >= 0.3 is 0 Å². The highest BCUT2D eigenvalue weighted by Crippen LogP contribution is 2.21. The predicted molar refractivity (Wildman–Crippen MR) is 61.4 cm³/mol. The summed E-state index contributed by atoms with van der Waals surface area (Å²) in [5, 5.41) is 0. The molecule has 2 aromatic rings. The molecule has 0 unspecified atom stereocenters. The van der Waals surface area contributed by atoms with Crippen LogP contribution in [0.3, 0.4) is 0 Å². The van der Waals surface area contributed by atoms with E-state index in [1.807, 2.05) is 26.0 Å². The van der Waals surface area contributed by atoms with Gasteiger partial charge in [0.25, 0.3) is 0 Å². The molecule has 0 aliphatic carbocycles. The minimum Gasteiger partial charge on any atom is -0.346 e. The molecule has 0 bridgehead atoms. The molecular weight excluding hydrogens is 186 g/mol. The lowest BCUT2D eigenvalue weighted by Crippen LogP contribution is -1.96. The standard InChI is InChI=1S/C12H15N3/c1-8-12(15-9(2)14-8)11-5-3-4-10(6-11)7-13/h3-6H,7,13H2,1-2H3,(H,14,15). The average molecular weight is 201 g/mol. The number of hydrogen-bond acceptors (Lipinski definition) is 2. The largest absolute Gasteiger partial charge is 0.346 e. The zero-order chi connectivity index (χ0) is 10.8. The van der Waals surface area contributed by atoms with Crippen LogP contribution in [0.25, 0.3) is 11.3 Å². The quantitative estimate of drug-likeness (QED) is 0.782. The number of aromatic amines is 1. The van der Waals surface area contributed by atoms with Gasteiger partial charge in [-0.25, -0.2) is 4.98 Å². The van der Waals surface area contributed by atoms with Crippen LogP contribution >= 0.6 is 0 Å². The zero-order valence-corrected chi connectivity index (χ0v) is 9.04. The Hall–Kier alpha value is -1.61. The second-order valence-electron chi connectivity index (χ2n) is 3.70. The van der Waals surface area contributed by atoms with Crippen LogP contribution in [0.2, 0.25) is 0 Å². The van der Waals surface area contributed by atoms with Crippen LogP contribution in [0, 0.1) is 13.8 Å². The van der Waals surface area contributed by atoms with Crippen molar-refractivity contribution in [3.8, 4) is 11.3 Å². The lowest BCUT2D eigenvalue weighted by Gasteiger charge is -2.01. The third kappa shape index (κ3) is 1.92. The molecule has 3 heteroatoms. The fourth-order valence-electron chi connectivity index (χ4n) is 1.74. The number of imidazole rings is 1. The van der Waals surface area contributed by atoms with Gasteiger partial charge in [0.1, 0.15) is 5.82 Å². The first kappa shape index (κ1) is 9.93. The Morgan fingerprint density at radius 1 is 1.33 bits per heavy atom. The smallest absolute Gasteiger partial charge is 0.103 e. The molecule has 2 rings (SSSR count). The van der Waals surface area contributed by atoms with Crippen LogP contribution in [0.4, 0.5) is 0 Å². The summed E-state index contributed by atoms with van der Waals surface area (Å²) in [5.74, 6) is 0.945. The van der Waals surface area contributed by atoms with Gasteiger partial charge in [-0.05, 0) is 25.5 Å². The molecule has 78 valence electrons. The van der Waals surface area contributed by atoms with Gasteiger partial charge in [-0.1, -0.05) is 18.2 Å². The first-order chi connectivity index (χ1) is 7.20. The van der Waals surface area contributed by atoms with E-state index in [1.165, 1.54) is 0 Å². The van der Waals surface area contributed by atoms with Crippen molar-refractivity contribution in [3.63, 3.8) is 0 Å². The molecule has 0 aliphatic heterocycles. The molecule has 15 heavy (non-hydrogen) atoms. The Bertz CT molecular complexity index is 471. The molecule has 1 aromatic carbocycles. The summed E-state index contributed by atoms with van der Waals surface area (Å²) in [7, 11) is 0. The van der Waals surface area contributed by atoms with Crippen LogP contribution in [0.15, 0.2) is 24.3 Å². The van der Waals surface area contributed by atoms with Gasteiger partial charge in [0.2, 0.25) is 0 Å². The Balaban J connectivity index is 2.49. The molecule has 0 radical (unpaired) electrons. The number of nitrogens with zero attached hydrogens (tertiary/aromatic N) is 1. The van der Waals surface area contributed by atoms with Crippen LogP contribution in [0.1, 0.15) is 17.1 Å². The number of nitrogens with one attached hydrogen (secondary N) is 1. The van der Waals surface area contributed by atoms with Gasteiger partial charge in [0.05, 0.1) is 5.69 Å². The Labute approximate surface area is 89.4 Å². The first-order valence-electron chi connectivity index (χ1n) is 5.03. The topological polar surface area (TPSA) is 54.7 Å². The van der Waals surface area contributed by atoms with Crippen molar-refractivity contribution >= 4 is 0 Å². The Morgan fingerprint density at radius 3 is 2.73 bits per heavy atom. The molecule has 1 aromatic heterocycles. The number of aryl methyl sites for hydroxylation is 2.